The standard InChI is InChI=1S/C15H7ClF2N4/c16-9-3-1-8(2-4-9)10-5-6-11(14(18)13(10)17)15-12(7-19)20-22-21-15/h1-6H,(H,20,21,22). The maximum Gasteiger partial charge on any atom is 0.169 e. The van der Waals surface area contributed by atoms with Crippen molar-refractivity contribution in [3.8, 4) is 28.5 Å². The van der Waals surface area contributed by atoms with Crippen LogP contribution in [0.25, 0.3) is 22.4 Å². The molecule has 1 heterocycles. The molecule has 0 aliphatic rings. The summed E-state index contributed by atoms with van der Waals surface area (Å²) in [6.07, 6.45) is 0. The number of nitrogens with zero attached hydrogens (tertiary/aromatic N) is 3. The third-order valence-electron chi connectivity index (χ3n) is 3.15. The molecule has 0 saturated heterocycles. The molecule has 0 amide bonds. The zero-order valence-electron chi connectivity index (χ0n) is 10.9. The molecule has 0 atom stereocenters. The zero-order chi connectivity index (χ0) is 15.7. The van der Waals surface area contributed by atoms with Gasteiger partial charge in [-0.15, -0.1) is 5.10 Å². The van der Waals surface area contributed by atoms with Crippen LogP contribution < -0.4 is 0 Å². The fourth-order valence-electron chi connectivity index (χ4n) is 2.08. The molecule has 0 aliphatic heterocycles. The van der Waals surface area contributed by atoms with E-state index >= 15 is 0 Å². The van der Waals surface area contributed by atoms with Crippen LogP contribution in [-0.4, -0.2) is 15.4 Å². The van der Waals surface area contributed by atoms with E-state index in [-0.39, 0.29) is 22.5 Å². The summed E-state index contributed by atoms with van der Waals surface area (Å²) < 4.78 is 28.6. The number of hydrogen-bond acceptors (Lipinski definition) is 3. The van der Waals surface area contributed by atoms with E-state index in [1.54, 1.807) is 30.3 Å². The summed E-state index contributed by atoms with van der Waals surface area (Å²) in [7, 11) is 0. The van der Waals surface area contributed by atoms with Gasteiger partial charge in [-0.2, -0.15) is 5.26 Å². The van der Waals surface area contributed by atoms with Gasteiger partial charge in [0, 0.05) is 16.1 Å². The first kappa shape index (κ1) is 14.2. The van der Waals surface area contributed by atoms with Crippen molar-refractivity contribution >= 4 is 11.6 Å². The van der Waals surface area contributed by atoms with Crippen molar-refractivity contribution < 1.29 is 8.78 Å². The Kier molecular flexibility index (Phi) is 3.57. The van der Waals surface area contributed by atoms with E-state index in [1.807, 2.05) is 0 Å². The average molecular weight is 317 g/mol. The lowest BCUT2D eigenvalue weighted by Gasteiger charge is -2.07. The lowest BCUT2D eigenvalue weighted by Crippen LogP contribution is -1.95. The van der Waals surface area contributed by atoms with E-state index in [4.69, 9.17) is 16.9 Å². The number of rotatable bonds is 2. The van der Waals surface area contributed by atoms with Crippen LogP contribution in [0, 0.1) is 23.0 Å². The van der Waals surface area contributed by atoms with Gasteiger partial charge in [0.2, 0.25) is 0 Å². The van der Waals surface area contributed by atoms with Gasteiger partial charge in [0.1, 0.15) is 11.8 Å². The first-order valence-corrected chi connectivity index (χ1v) is 6.55. The number of hydrogen-bond donors (Lipinski definition) is 1. The minimum absolute atomic E-state index is 0.0263. The summed E-state index contributed by atoms with van der Waals surface area (Å²) in [6.45, 7) is 0. The molecule has 3 rings (SSSR count). The first-order chi connectivity index (χ1) is 10.6. The number of nitrogens with one attached hydrogen (secondary N) is 1. The van der Waals surface area contributed by atoms with Crippen LogP contribution >= 0.6 is 11.6 Å². The number of halogens is 3. The smallest absolute Gasteiger partial charge is 0.169 e. The van der Waals surface area contributed by atoms with Crippen LogP contribution in [0.3, 0.4) is 0 Å². The second kappa shape index (κ2) is 5.54. The first-order valence-electron chi connectivity index (χ1n) is 6.17. The molecule has 4 nitrogen and oxygen atoms in total. The second-order valence-electron chi connectivity index (χ2n) is 4.44. The van der Waals surface area contributed by atoms with E-state index in [1.165, 1.54) is 12.1 Å². The highest BCUT2D eigenvalue weighted by atomic mass is 35.5. The van der Waals surface area contributed by atoms with Crippen molar-refractivity contribution in [1.82, 2.24) is 15.4 Å². The molecular weight excluding hydrogens is 310 g/mol. The summed E-state index contributed by atoms with van der Waals surface area (Å²) in [4.78, 5) is 0. The Morgan fingerprint density at radius 2 is 1.64 bits per heavy atom. The van der Waals surface area contributed by atoms with Crippen molar-refractivity contribution in [1.29, 1.82) is 5.26 Å². The van der Waals surface area contributed by atoms with Gasteiger partial charge in [-0.1, -0.05) is 35.0 Å². The van der Waals surface area contributed by atoms with Crippen LogP contribution in [0.4, 0.5) is 8.78 Å². The largest absolute Gasteiger partial charge is 0.247 e. The maximum absolute atomic E-state index is 14.3. The molecule has 1 N–H and O–H groups in total. The minimum atomic E-state index is -1.09. The molecule has 0 spiro atoms. The number of aromatic nitrogens is 3. The molecule has 0 bridgehead atoms. The van der Waals surface area contributed by atoms with Crippen molar-refractivity contribution in [2.24, 2.45) is 0 Å². The van der Waals surface area contributed by atoms with Gasteiger partial charge in [-0.05, 0) is 23.8 Å². The predicted octanol–water partition coefficient (Wildman–Crippen LogP) is 3.94. The fraction of sp³-hybridized carbons (Fsp3) is 0. The molecule has 0 fully saturated rings. The minimum Gasteiger partial charge on any atom is -0.247 e. The van der Waals surface area contributed by atoms with E-state index in [0.29, 0.717) is 10.6 Å². The zero-order valence-corrected chi connectivity index (χ0v) is 11.7. The third kappa shape index (κ3) is 2.32. The third-order valence-corrected chi connectivity index (χ3v) is 3.41. The molecule has 108 valence electrons. The van der Waals surface area contributed by atoms with Gasteiger partial charge in [0.15, 0.2) is 17.3 Å². The number of nitriles is 1. The highest BCUT2D eigenvalue weighted by molar-refractivity contribution is 6.30. The molecule has 0 radical (unpaired) electrons. The van der Waals surface area contributed by atoms with E-state index < -0.39 is 11.6 Å². The lowest BCUT2D eigenvalue weighted by molar-refractivity contribution is 0.513. The Labute approximate surface area is 129 Å². The summed E-state index contributed by atoms with van der Waals surface area (Å²) in [6, 6.07) is 10.9. The summed E-state index contributed by atoms with van der Waals surface area (Å²) >= 11 is 5.78. The molecule has 2 aromatic carbocycles. The highest BCUT2D eigenvalue weighted by Gasteiger charge is 2.20. The highest BCUT2D eigenvalue weighted by Crippen LogP contribution is 2.31. The summed E-state index contributed by atoms with van der Waals surface area (Å²) in [5.41, 5.74) is 0.410. The fourth-order valence-corrected chi connectivity index (χ4v) is 2.21. The Balaban J connectivity index is 2.13. The van der Waals surface area contributed by atoms with Crippen molar-refractivity contribution in [2.45, 2.75) is 0 Å². The van der Waals surface area contributed by atoms with Gasteiger partial charge in [-0.25, -0.2) is 13.9 Å². The molecule has 3 aromatic rings. The van der Waals surface area contributed by atoms with Crippen LogP contribution in [0.2, 0.25) is 5.02 Å². The maximum atomic E-state index is 14.3. The van der Waals surface area contributed by atoms with E-state index in [0.717, 1.165) is 0 Å². The summed E-state index contributed by atoms with van der Waals surface area (Å²) in [5.74, 6) is -2.11. The van der Waals surface area contributed by atoms with Gasteiger partial charge >= 0.3 is 0 Å². The van der Waals surface area contributed by atoms with Gasteiger partial charge in [0.25, 0.3) is 0 Å². The average Bonchev–Trinajstić information content (AvgIpc) is 2.99. The van der Waals surface area contributed by atoms with Crippen LogP contribution in [0.1, 0.15) is 5.69 Å². The molecule has 22 heavy (non-hydrogen) atoms. The van der Waals surface area contributed by atoms with E-state index in [2.05, 4.69) is 15.4 Å². The van der Waals surface area contributed by atoms with Crippen LogP contribution in [0.15, 0.2) is 36.4 Å². The van der Waals surface area contributed by atoms with Gasteiger partial charge in [-0.3, -0.25) is 0 Å². The lowest BCUT2D eigenvalue weighted by atomic mass is 10.0. The molecular formula is C15H7ClF2N4. The molecule has 7 heteroatoms. The normalized spacial score (nSPS) is 10.5. The molecule has 0 unspecified atom stereocenters. The molecule has 1 aromatic heterocycles. The number of benzene rings is 2. The number of H-pyrrole nitrogens is 1. The Morgan fingerprint density at radius 3 is 2.32 bits per heavy atom. The summed E-state index contributed by atoms with van der Waals surface area (Å²) in [5, 5.41) is 18.8. The molecule has 0 aliphatic carbocycles. The van der Waals surface area contributed by atoms with Crippen molar-refractivity contribution in [2.75, 3.05) is 0 Å². The quantitative estimate of drug-likeness (QED) is 0.778. The topological polar surface area (TPSA) is 65.4 Å². The van der Waals surface area contributed by atoms with Gasteiger partial charge in [0.05, 0.1) is 0 Å². The Bertz CT molecular complexity index is 882. The predicted molar refractivity (Wildman–Crippen MR) is 76.9 cm³/mol. The van der Waals surface area contributed by atoms with Crippen molar-refractivity contribution in [3.05, 3.63) is 58.7 Å². The Hall–Kier alpha value is -2.78. The SMILES string of the molecule is N#Cc1[nH]nnc1-c1ccc(-c2ccc(Cl)cc2)c(F)c1F. The number of aromatic amines is 1. The van der Waals surface area contributed by atoms with Gasteiger partial charge < -0.3 is 0 Å². The monoisotopic (exact) mass is 316 g/mol. The van der Waals surface area contributed by atoms with E-state index in [9.17, 15) is 8.78 Å². The molecule has 0 saturated carbocycles. The second-order valence-corrected chi connectivity index (χ2v) is 4.88. The van der Waals surface area contributed by atoms with Crippen molar-refractivity contribution in [3.63, 3.8) is 0 Å². The van der Waals surface area contributed by atoms with Crippen LogP contribution in [-0.2, 0) is 0 Å². The van der Waals surface area contributed by atoms with Crippen LogP contribution in [0.5, 0.6) is 0 Å². The Morgan fingerprint density at radius 1 is 1.00 bits per heavy atom.